The molecule has 35 heavy (non-hydrogen) atoms. The lowest BCUT2D eigenvalue weighted by Gasteiger charge is -2.29. The Kier molecular flexibility index (Phi) is 5.56. The molecule has 1 fully saturated rings. The minimum atomic E-state index is -0.487. The van der Waals surface area contributed by atoms with Crippen molar-refractivity contribution in [1.82, 2.24) is 24.8 Å². The second-order valence-corrected chi connectivity index (χ2v) is 9.39. The summed E-state index contributed by atoms with van der Waals surface area (Å²) in [5.41, 5.74) is 4.55. The summed E-state index contributed by atoms with van der Waals surface area (Å²) < 4.78 is 9.95. The summed E-state index contributed by atoms with van der Waals surface area (Å²) in [6.07, 6.45) is 7.33. The average Bonchev–Trinajstić information content (AvgIpc) is 3.49. The Morgan fingerprint density at radius 3 is 2.66 bits per heavy atom. The van der Waals surface area contributed by atoms with Crippen LogP contribution in [0.2, 0.25) is 0 Å². The second-order valence-electron chi connectivity index (χ2n) is 9.39. The molecule has 0 amide bonds. The molecule has 0 saturated heterocycles. The Balaban J connectivity index is 1.45. The molecule has 0 spiro atoms. The molecule has 1 unspecified atom stereocenters. The third kappa shape index (κ3) is 3.99. The molecule has 0 bridgehead atoms. The van der Waals surface area contributed by atoms with Crippen molar-refractivity contribution in [1.29, 1.82) is 0 Å². The van der Waals surface area contributed by atoms with Gasteiger partial charge in [-0.2, -0.15) is 4.68 Å². The molecule has 3 heterocycles. The molecule has 8 heteroatoms. The van der Waals surface area contributed by atoms with E-state index in [0.717, 1.165) is 54.4 Å². The number of aromatic nitrogens is 5. The van der Waals surface area contributed by atoms with E-state index in [4.69, 9.17) is 4.74 Å². The van der Waals surface area contributed by atoms with Crippen molar-refractivity contribution in [3.8, 4) is 0 Å². The summed E-state index contributed by atoms with van der Waals surface area (Å²) in [5, 5.41) is 16.6. The van der Waals surface area contributed by atoms with E-state index in [9.17, 15) is 4.79 Å². The summed E-state index contributed by atoms with van der Waals surface area (Å²) in [6.45, 7) is 2.62. The fourth-order valence-electron chi connectivity index (χ4n) is 5.37. The molecular weight excluding hydrogens is 440 g/mol. The molecule has 178 valence electrons. The van der Waals surface area contributed by atoms with Crippen molar-refractivity contribution in [2.45, 2.75) is 57.7 Å². The van der Waals surface area contributed by atoms with Crippen LogP contribution in [0.4, 0.5) is 5.95 Å². The van der Waals surface area contributed by atoms with Crippen molar-refractivity contribution in [3.05, 3.63) is 83.2 Å². The highest BCUT2D eigenvalue weighted by atomic mass is 16.5. The van der Waals surface area contributed by atoms with Gasteiger partial charge in [0.15, 0.2) is 0 Å². The topological polar surface area (TPSA) is 86.9 Å². The lowest BCUT2D eigenvalue weighted by Crippen LogP contribution is -2.32. The second kappa shape index (κ2) is 9.02. The van der Waals surface area contributed by atoms with Crippen LogP contribution in [0.25, 0.3) is 10.9 Å². The molecule has 2 aromatic heterocycles. The molecule has 4 aromatic rings. The van der Waals surface area contributed by atoms with Crippen molar-refractivity contribution in [2.75, 3.05) is 5.32 Å². The number of hydrogen-bond donors (Lipinski definition) is 1. The number of tetrazole rings is 1. The predicted molar refractivity (Wildman–Crippen MR) is 133 cm³/mol. The molecular formula is C27H28N6O2. The minimum absolute atomic E-state index is 0.0353. The van der Waals surface area contributed by atoms with Crippen LogP contribution in [0.15, 0.2) is 72.1 Å². The standard InChI is InChI=1S/C27H28N6O2/c1-18-24(26(34)35-20-12-6-3-7-13-20)25(33-27(28-18)29-30-31-33)22-17-32(16-19-10-4-2-5-11-19)23-15-9-8-14-21(22)23/h2,4-5,8-11,14-15,17,20,25H,3,6-7,12-13,16H2,1H3,(H,28,29,31). The van der Waals surface area contributed by atoms with Gasteiger partial charge in [-0.05, 0) is 54.7 Å². The number of allylic oxidation sites excluding steroid dienone is 1. The monoisotopic (exact) mass is 468 g/mol. The molecule has 1 atom stereocenters. The van der Waals surface area contributed by atoms with Gasteiger partial charge in [0.25, 0.3) is 0 Å². The summed E-state index contributed by atoms with van der Waals surface area (Å²) in [5.74, 6) is 0.217. The summed E-state index contributed by atoms with van der Waals surface area (Å²) in [6, 6.07) is 18.1. The van der Waals surface area contributed by atoms with Gasteiger partial charge in [-0.1, -0.05) is 60.1 Å². The van der Waals surface area contributed by atoms with Gasteiger partial charge < -0.3 is 14.6 Å². The van der Waals surface area contributed by atoms with Gasteiger partial charge in [0.2, 0.25) is 5.95 Å². The average molecular weight is 469 g/mol. The number of nitrogens with zero attached hydrogens (tertiary/aromatic N) is 5. The smallest absolute Gasteiger partial charge is 0.338 e. The van der Waals surface area contributed by atoms with E-state index in [2.05, 4.69) is 55.9 Å². The van der Waals surface area contributed by atoms with Gasteiger partial charge in [0.05, 0.1) is 5.57 Å². The number of carbonyl (C=O) groups excluding carboxylic acids is 1. The maximum absolute atomic E-state index is 13.6. The van der Waals surface area contributed by atoms with E-state index >= 15 is 0 Å². The van der Waals surface area contributed by atoms with Gasteiger partial charge in [-0.15, -0.1) is 0 Å². The highest BCUT2D eigenvalue weighted by Crippen LogP contribution is 2.39. The van der Waals surface area contributed by atoms with Crippen LogP contribution in [-0.4, -0.2) is 36.8 Å². The van der Waals surface area contributed by atoms with Crippen molar-refractivity contribution in [3.63, 3.8) is 0 Å². The van der Waals surface area contributed by atoms with E-state index in [1.807, 2.05) is 37.3 Å². The molecule has 1 saturated carbocycles. The first-order valence-corrected chi connectivity index (χ1v) is 12.3. The minimum Gasteiger partial charge on any atom is -0.459 e. The molecule has 2 aliphatic rings. The Hall–Kier alpha value is -3.94. The van der Waals surface area contributed by atoms with Crippen molar-refractivity contribution < 1.29 is 9.53 Å². The normalized spacial score (nSPS) is 18.4. The van der Waals surface area contributed by atoms with Gasteiger partial charge in [-0.3, -0.25) is 0 Å². The molecule has 8 nitrogen and oxygen atoms in total. The quantitative estimate of drug-likeness (QED) is 0.422. The number of ether oxygens (including phenoxy) is 1. The first kappa shape index (κ1) is 21.6. The molecule has 1 aliphatic heterocycles. The van der Waals surface area contributed by atoms with Gasteiger partial charge in [0, 0.05) is 34.9 Å². The molecule has 0 radical (unpaired) electrons. The van der Waals surface area contributed by atoms with Crippen LogP contribution < -0.4 is 5.32 Å². The Bertz CT molecular complexity index is 1400. The number of fused-ring (bicyclic) bond motifs is 2. The third-order valence-corrected chi connectivity index (χ3v) is 7.07. The fraction of sp³-hybridized carbons (Fsp3) is 0.333. The van der Waals surface area contributed by atoms with Crippen LogP contribution in [0, 0.1) is 0 Å². The van der Waals surface area contributed by atoms with E-state index in [1.165, 1.54) is 12.0 Å². The molecule has 2 aromatic carbocycles. The van der Waals surface area contributed by atoms with E-state index < -0.39 is 6.04 Å². The Labute approximate surface area is 203 Å². The van der Waals surface area contributed by atoms with E-state index in [0.29, 0.717) is 11.5 Å². The zero-order valence-corrected chi connectivity index (χ0v) is 19.7. The zero-order valence-electron chi connectivity index (χ0n) is 19.7. The van der Waals surface area contributed by atoms with E-state index in [1.54, 1.807) is 4.68 Å². The summed E-state index contributed by atoms with van der Waals surface area (Å²) >= 11 is 0. The lowest BCUT2D eigenvalue weighted by molar-refractivity contribution is -0.146. The summed E-state index contributed by atoms with van der Waals surface area (Å²) in [4.78, 5) is 13.6. The molecule has 1 aliphatic carbocycles. The zero-order chi connectivity index (χ0) is 23.8. The number of para-hydroxylation sites is 1. The molecule has 6 rings (SSSR count). The number of anilines is 1. The number of hydrogen-bond acceptors (Lipinski definition) is 6. The first-order valence-electron chi connectivity index (χ1n) is 12.3. The number of esters is 1. The van der Waals surface area contributed by atoms with Crippen LogP contribution in [0.1, 0.15) is 56.2 Å². The number of carbonyl (C=O) groups is 1. The predicted octanol–water partition coefficient (Wildman–Crippen LogP) is 4.84. The Morgan fingerprint density at radius 2 is 1.83 bits per heavy atom. The number of nitrogens with one attached hydrogen (secondary N) is 1. The highest BCUT2D eigenvalue weighted by molar-refractivity contribution is 5.95. The van der Waals surface area contributed by atoms with Crippen molar-refractivity contribution >= 4 is 22.8 Å². The highest BCUT2D eigenvalue weighted by Gasteiger charge is 2.37. The van der Waals surface area contributed by atoms with Crippen molar-refractivity contribution in [2.24, 2.45) is 0 Å². The van der Waals surface area contributed by atoms with Crippen LogP contribution in [-0.2, 0) is 16.1 Å². The lowest BCUT2D eigenvalue weighted by atomic mass is 9.94. The third-order valence-electron chi connectivity index (χ3n) is 7.07. The summed E-state index contributed by atoms with van der Waals surface area (Å²) in [7, 11) is 0. The SMILES string of the molecule is CC1=C(C(=O)OC2CCCCC2)C(c2cn(Cc3ccccc3)c3ccccc23)n2nnnc2N1. The fourth-order valence-corrected chi connectivity index (χ4v) is 5.37. The largest absolute Gasteiger partial charge is 0.459 e. The van der Waals surface area contributed by atoms with Crippen LogP contribution in [0.5, 0.6) is 0 Å². The first-order chi connectivity index (χ1) is 17.2. The Morgan fingerprint density at radius 1 is 1.06 bits per heavy atom. The van der Waals surface area contributed by atoms with Crippen LogP contribution in [0.3, 0.4) is 0 Å². The van der Waals surface area contributed by atoms with Gasteiger partial charge >= 0.3 is 5.97 Å². The van der Waals surface area contributed by atoms with Gasteiger partial charge in [-0.25, -0.2) is 4.79 Å². The van der Waals surface area contributed by atoms with Gasteiger partial charge in [0.1, 0.15) is 12.1 Å². The van der Waals surface area contributed by atoms with Crippen LogP contribution >= 0.6 is 0 Å². The van der Waals surface area contributed by atoms with E-state index in [-0.39, 0.29) is 12.1 Å². The number of rotatable bonds is 5. The number of benzene rings is 2. The maximum Gasteiger partial charge on any atom is 0.338 e. The maximum atomic E-state index is 13.6. The molecule has 1 N–H and O–H groups in total.